The lowest BCUT2D eigenvalue weighted by atomic mass is 10.1. The molecule has 4 aromatic rings. The van der Waals surface area contributed by atoms with Crippen molar-refractivity contribution in [3.8, 4) is 11.4 Å². The van der Waals surface area contributed by atoms with Crippen LogP contribution in [0.25, 0.3) is 22.2 Å². The Bertz CT molecular complexity index is 1230. The fourth-order valence-corrected chi connectivity index (χ4v) is 3.53. The number of carbonyl (C=O) groups is 2. The molecule has 2 heterocycles. The predicted molar refractivity (Wildman–Crippen MR) is 110 cm³/mol. The standard InChI is InChI=1S/C22H17N5O2/c28-19(23-17-12-6-10-14-7-4-5-11-16(14)17)13-18-21(29)25-22-24-20(26-27(18)22)15-8-2-1-3-9-15/h1-12,18H,13H2,(H,23,28)(H,24,25,26,29)/t18-/m0/s1. The van der Waals surface area contributed by atoms with E-state index < -0.39 is 6.04 Å². The number of benzene rings is 3. The number of amides is 2. The third kappa shape index (κ3) is 3.12. The normalized spacial score (nSPS) is 15.2. The average Bonchev–Trinajstić information content (AvgIpc) is 3.28. The number of nitrogens with zero attached hydrogens (tertiary/aromatic N) is 3. The van der Waals surface area contributed by atoms with Crippen molar-refractivity contribution in [2.24, 2.45) is 0 Å². The molecule has 1 atom stereocenters. The summed E-state index contributed by atoms with van der Waals surface area (Å²) in [4.78, 5) is 29.4. The van der Waals surface area contributed by atoms with Crippen molar-refractivity contribution in [2.45, 2.75) is 12.5 Å². The van der Waals surface area contributed by atoms with Gasteiger partial charge in [0.25, 0.3) is 5.91 Å². The van der Waals surface area contributed by atoms with Gasteiger partial charge >= 0.3 is 0 Å². The Morgan fingerprint density at radius 3 is 2.62 bits per heavy atom. The molecule has 0 radical (unpaired) electrons. The fourth-order valence-electron chi connectivity index (χ4n) is 3.53. The first-order valence-corrected chi connectivity index (χ1v) is 9.29. The zero-order valence-electron chi connectivity index (χ0n) is 15.4. The zero-order chi connectivity index (χ0) is 19.8. The number of carbonyl (C=O) groups excluding carboxylic acids is 2. The molecule has 0 unspecified atom stereocenters. The molecule has 142 valence electrons. The van der Waals surface area contributed by atoms with Crippen LogP contribution in [-0.4, -0.2) is 26.6 Å². The van der Waals surface area contributed by atoms with Crippen LogP contribution in [0, 0.1) is 0 Å². The lowest BCUT2D eigenvalue weighted by Gasteiger charge is -2.11. The van der Waals surface area contributed by atoms with Gasteiger partial charge < -0.3 is 5.32 Å². The van der Waals surface area contributed by atoms with Crippen molar-refractivity contribution in [1.29, 1.82) is 0 Å². The average molecular weight is 383 g/mol. The van der Waals surface area contributed by atoms with Gasteiger partial charge in [0.2, 0.25) is 11.9 Å². The van der Waals surface area contributed by atoms with E-state index in [9.17, 15) is 9.59 Å². The lowest BCUT2D eigenvalue weighted by molar-refractivity contribution is -0.123. The number of rotatable bonds is 4. The molecule has 0 bridgehead atoms. The number of aromatic nitrogens is 3. The van der Waals surface area contributed by atoms with E-state index in [2.05, 4.69) is 20.7 Å². The highest BCUT2D eigenvalue weighted by Crippen LogP contribution is 2.29. The first-order valence-electron chi connectivity index (χ1n) is 9.29. The summed E-state index contributed by atoms with van der Waals surface area (Å²) < 4.78 is 1.49. The van der Waals surface area contributed by atoms with Gasteiger partial charge in [-0.1, -0.05) is 66.7 Å². The Morgan fingerprint density at radius 2 is 1.76 bits per heavy atom. The number of anilines is 2. The minimum atomic E-state index is -0.732. The summed E-state index contributed by atoms with van der Waals surface area (Å²) in [7, 11) is 0. The van der Waals surface area contributed by atoms with Gasteiger partial charge in [-0.2, -0.15) is 4.98 Å². The molecule has 29 heavy (non-hydrogen) atoms. The van der Waals surface area contributed by atoms with Gasteiger partial charge in [-0.15, -0.1) is 5.10 Å². The van der Waals surface area contributed by atoms with Gasteiger partial charge in [-0.3, -0.25) is 14.9 Å². The largest absolute Gasteiger partial charge is 0.325 e. The van der Waals surface area contributed by atoms with Crippen LogP contribution in [0.1, 0.15) is 12.5 Å². The SMILES string of the molecule is O=C(C[C@H]1C(=O)Nc2nc(-c3ccccc3)nn21)Nc1cccc2ccccc12. The molecule has 5 rings (SSSR count). The summed E-state index contributed by atoms with van der Waals surface area (Å²) in [5.41, 5.74) is 1.57. The van der Waals surface area contributed by atoms with E-state index in [0.717, 1.165) is 22.0 Å². The highest BCUT2D eigenvalue weighted by Gasteiger charge is 2.35. The molecule has 0 saturated carbocycles. The summed E-state index contributed by atoms with van der Waals surface area (Å²) in [6.45, 7) is 0. The quantitative estimate of drug-likeness (QED) is 0.563. The van der Waals surface area contributed by atoms with Crippen molar-refractivity contribution in [1.82, 2.24) is 14.8 Å². The molecule has 1 aliphatic heterocycles. The van der Waals surface area contributed by atoms with Crippen LogP contribution in [0.15, 0.2) is 72.8 Å². The molecule has 1 aliphatic rings. The van der Waals surface area contributed by atoms with Crippen molar-refractivity contribution in [2.75, 3.05) is 10.6 Å². The molecule has 2 amide bonds. The maximum atomic E-state index is 12.7. The summed E-state index contributed by atoms with van der Waals surface area (Å²) in [6, 6.07) is 22.3. The Balaban J connectivity index is 1.38. The molecule has 0 spiro atoms. The third-order valence-electron chi connectivity index (χ3n) is 4.94. The number of hydrogen-bond donors (Lipinski definition) is 2. The summed E-state index contributed by atoms with van der Waals surface area (Å²) in [5.74, 6) is 0.329. The Labute approximate surface area is 166 Å². The Kier molecular flexibility index (Phi) is 4.05. The minimum Gasteiger partial charge on any atom is -0.325 e. The van der Waals surface area contributed by atoms with Crippen molar-refractivity contribution < 1.29 is 9.59 Å². The van der Waals surface area contributed by atoms with E-state index in [-0.39, 0.29) is 18.2 Å². The van der Waals surface area contributed by atoms with E-state index in [0.29, 0.717) is 11.8 Å². The van der Waals surface area contributed by atoms with Crippen LogP contribution in [0.3, 0.4) is 0 Å². The van der Waals surface area contributed by atoms with Crippen molar-refractivity contribution in [3.05, 3.63) is 72.8 Å². The summed E-state index contributed by atoms with van der Waals surface area (Å²) in [6.07, 6.45) is -0.0281. The highest BCUT2D eigenvalue weighted by molar-refractivity contribution is 6.05. The van der Waals surface area contributed by atoms with Gasteiger partial charge in [0, 0.05) is 16.6 Å². The minimum absolute atomic E-state index is 0.0281. The summed E-state index contributed by atoms with van der Waals surface area (Å²) >= 11 is 0. The number of hydrogen-bond acceptors (Lipinski definition) is 4. The van der Waals surface area contributed by atoms with Crippen LogP contribution in [0.2, 0.25) is 0 Å². The Morgan fingerprint density at radius 1 is 1.00 bits per heavy atom. The van der Waals surface area contributed by atoms with Crippen LogP contribution < -0.4 is 10.6 Å². The maximum Gasteiger partial charge on any atom is 0.252 e. The lowest BCUT2D eigenvalue weighted by Crippen LogP contribution is -2.23. The van der Waals surface area contributed by atoms with Gasteiger partial charge in [-0.25, -0.2) is 4.68 Å². The molecule has 3 aromatic carbocycles. The van der Waals surface area contributed by atoms with Crippen molar-refractivity contribution >= 4 is 34.2 Å². The molecular formula is C22H17N5O2. The van der Waals surface area contributed by atoms with Crippen LogP contribution >= 0.6 is 0 Å². The molecule has 7 heteroatoms. The van der Waals surface area contributed by atoms with Gasteiger partial charge in [0.05, 0.1) is 6.42 Å². The van der Waals surface area contributed by atoms with Crippen LogP contribution in [0.4, 0.5) is 11.6 Å². The van der Waals surface area contributed by atoms with E-state index in [1.54, 1.807) is 0 Å². The monoisotopic (exact) mass is 383 g/mol. The van der Waals surface area contributed by atoms with Gasteiger partial charge in [0.15, 0.2) is 5.82 Å². The molecule has 0 saturated heterocycles. The molecule has 0 aliphatic carbocycles. The zero-order valence-corrected chi connectivity index (χ0v) is 15.4. The van der Waals surface area contributed by atoms with Gasteiger partial charge in [-0.05, 0) is 11.5 Å². The second-order valence-corrected chi connectivity index (χ2v) is 6.85. The topological polar surface area (TPSA) is 88.9 Å². The molecule has 2 N–H and O–H groups in total. The highest BCUT2D eigenvalue weighted by atomic mass is 16.2. The maximum absolute atomic E-state index is 12.7. The first-order chi connectivity index (χ1) is 14.2. The smallest absolute Gasteiger partial charge is 0.252 e. The van der Waals surface area contributed by atoms with E-state index in [1.165, 1.54) is 4.68 Å². The fraction of sp³-hybridized carbons (Fsp3) is 0.0909. The molecule has 7 nitrogen and oxygen atoms in total. The Hall–Kier alpha value is -4.00. The second kappa shape index (κ2) is 6.87. The second-order valence-electron chi connectivity index (χ2n) is 6.85. The molecule has 1 aromatic heterocycles. The van der Waals surface area contributed by atoms with Crippen LogP contribution in [0.5, 0.6) is 0 Å². The number of nitrogens with one attached hydrogen (secondary N) is 2. The predicted octanol–water partition coefficient (Wildman–Crippen LogP) is 3.62. The number of fused-ring (bicyclic) bond motifs is 2. The molecule has 0 fully saturated rings. The van der Waals surface area contributed by atoms with Crippen molar-refractivity contribution in [3.63, 3.8) is 0 Å². The first kappa shape index (κ1) is 17.1. The van der Waals surface area contributed by atoms with Gasteiger partial charge in [0.1, 0.15) is 6.04 Å². The van der Waals surface area contributed by atoms with E-state index in [1.807, 2.05) is 72.8 Å². The van der Waals surface area contributed by atoms with E-state index in [4.69, 9.17) is 0 Å². The van der Waals surface area contributed by atoms with E-state index >= 15 is 0 Å². The summed E-state index contributed by atoms with van der Waals surface area (Å²) in [5, 5.41) is 12.1. The third-order valence-corrected chi connectivity index (χ3v) is 4.94. The van der Waals surface area contributed by atoms with Crippen LogP contribution in [-0.2, 0) is 9.59 Å². The molecular weight excluding hydrogens is 366 g/mol.